The molecule has 1 unspecified atom stereocenters. The van der Waals surface area contributed by atoms with E-state index in [1.807, 2.05) is 0 Å². The minimum atomic E-state index is 0.293. The summed E-state index contributed by atoms with van der Waals surface area (Å²) in [4.78, 5) is 5.19. The highest BCUT2D eigenvalue weighted by atomic mass is 16.3. The molecule has 142 valence electrons. The molecule has 1 aliphatic carbocycles. The van der Waals surface area contributed by atoms with Gasteiger partial charge in [0.1, 0.15) is 0 Å². The Hall–Kier alpha value is -0.910. The maximum Gasteiger partial charge on any atom is 0.0650 e. The van der Waals surface area contributed by atoms with E-state index in [9.17, 15) is 5.11 Å². The molecule has 0 bridgehead atoms. The molecule has 5 heteroatoms. The van der Waals surface area contributed by atoms with Gasteiger partial charge in [-0.1, -0.05) is 33.1 Å². The molecule has 2 aliphatic rings. The summed E-state index contributed by atoms with van der Waals surface area (Å²) < 4.78 is 0. The zero-order valence-electron chi connectivity index (χ0n) is 16.1. The Kier molecular flexibility index (Phi) is 6.91. The topological polar surface area (TPSA) is 55.4 Å². The van der Waals surface area contributed by atoms with E-state index >= 15 is 0 Å². The summed E-state index contributed by atoms with van der Waals surface area (Å²) >= 11 is 0. The van der Waals surface area contributed by atoms with Crippen molar-refractivity contribution in [2.75, 3.05) is 32.8 Å². The maximum atomic E-state index is 9.52. The van der Waals surface area contributed by atoms with Gasteiger partial charge in [0.15, 0.2) is 0 Å². The first-order valence-corrected chi connectivity index (χ1v) is 10.3. The summed E-state index contributed by atoms with van der Waals surface area (Å²) in [6.07, 6.45) is 7.94. The van der Waals surface area contributed by atoms with Gasteiger partial charge in [0.2, 0.25) is 0 Å². The fourth-order valence-corrected chi connectivity index (χ4v) is 4.46. The van der Waals surface area contributed by atoms with Gasteiger partial charge in [-0.25, -0.2) is 0 Å². The molecule has 1 aromatic rings. The van der Waals surface area contributed by atoms with Crippen molar-refractivity contribution in [3.63, 3.8) is 0 Å². The van der Waals surface area contributed by atoms with Crippen LogP contribution >= 0.6 is 0 Å². The van der Waals surface area contributed by atoms with Crippen molar-refractivity contribution in [3.8, 4) is 0 Å². The first kappa shape index (κ1) is 18.9. The molecule has 3 rings (SSSR count). The molecule has 0 amide bonds. The Morgan fingerprint density at radius 2 is 2.04 bits per heavy atom. The zero-order chi connectivity index (χ0) is 17.6. The zero-order valence-corrected chi connectivity index (χ0v) is 16.1. The standard InChI is InChI=1S/C20H36N4O/c1-16(2)20-12-18(21-22-20)14-23-9-10-24(19(15-23)8-11-25)13-17-6-4-3-5-7-17/h12,16-17,19,25H,3-11,13-15H2,1-2H3,(H,21,22). The summed E-state index contributed by atoms with van der Waals surface area (Å²) in [7, 11) is 0. The molecule has 2 N–H and O–H groups in total. The van der Waals surface area contributed by atoms with Crippen molar-refractivity contribution in [2.45, 2.75) is 70.9 Å². The van der Waals surface area contributed by atoms with Crippen LogP contribution in [0.4, 0.5) is 0 Å². The van der Waals surface area contributed by atoms with Crippen LogP contribution in [-0.4, -0.2) is 63.9 Å². The number of nitrogens with one attached hydrogen (secondary N) is 1. The average molecular weight is 349 g/mol. The molecule has 2 heterocycles. The van der Waals surface area contributed by atoms with E-state index in [4.69, 9.17) is 0 Å². The molecular formula is C20H36N4O. The van der Waals surface area contributed by atoms with Crippen molar-refractivity contribution in [3.05, 3.63) is 17.5 Å². The monoisotopic (exact) mass is 348 g/mol. The van der Waals surface area contributed by atoms with E-state index in [1.54, 1.807) is 0 Å². The number of aromatic nitrogens is 2. The molecule has 1 atom stereocenters. The first-order valence-electron chi connectivity index (χ1n) is 10.3. The maximum absolute atomic E-state index is 9.52. The third kappa shape index (κ3) is 5.28. The predicted octanol–water partition coefficient (Wildman–Crippen LogP) is 2.98. The number of hydrogen-bond acceptors (Lipinski definition) is 4. The molecule has 0 aromatic carbocycles. The second-order valence-electron chi connectivity index (χ2n) is 8.37. The SMILES string of the molecule is CC(C)c1cc(CN2CCN(CC3CCCCC3)C(CCO)C2)[nH]n1. The number of aliphatic hydroxyl groups is 1. The van der Waals surface area contributed by atoms with Gasteiger partial charge >= 0.3 is 0 Å². The lowest BCUT2D eigenvalue weighted by molar-refractivity contribution is 0.0395. The van der Waals surface area contributed by atoms with Crippen molar-refractivity contribution in [1.29, 1.82) is 0 Å². The molecule has 2 fully saturated rings. The van der Waals surface area contributed by atoms with E-state index in [1.165, 1.54) is 44.3 Å². The van der Waals surface area contributed by atoms with E-state index in [2.05, 4.69) is 39.9 Å². The number of rotatable bonds is 7. The van der Waals surface area contributed by atoms with Gasteiger partial charge in [0.25, 0.3) is 0 Å². The lowest BCUT2D eigenvalue weighted by Gasteiger charge is -2.43. The van der Waals surface area contributed by atoms with Crippen LogP contribution < -0.4 is 0 Å². The highest BCUT2D eigenvalue weighted by Gasteiger charge is 2.29. The van der Waals surface area contributed by atoms with Crippen molar-refractivity contribution in [2.24, 2.45) is 5.92 Å². The molecule has 1 saturated carbocycles. The number of H-pyrrole nitrogens is 1. The molecule has 0 spiro atoms. The van der Waals surface area contributed by atoms with Gasteiger partial charge in [0, 0.05) is 51.1 Å². The van der Waals surface area contributed by atoms with Crippen LogP contribution in [0.3, 0.4) is 0 Å². The summed E-state index contributed by atoms with van der Waals surface area (Å²) in [6.45, 7) is 10.1. The number of nitrogens with zero attached hydrogens (tertiary/aromatic N) is 3. The largest absolute Gasteiger partial charge is 0.396 e. The number of hydrogen-bond donors (Lipinski definition) is 2. The lowest BCUT2D eigenvalue weighted by atomic mass is 9.88. The second-order valence-corrected chi connectivity index (χ2v) is 8.37. The Bertz CT molecular complexity index is 510. The van der Waals surface area contributed by atoms with Gasteiger partial charge in [-0.05, 0) is 37.2 Å². The molecule has 25 heavy (non-hydrogen) atoms. The van der Waals surface area contributed by atoms with Crippen LogP contribution in [0.15, 0.2) is 6.07 Å². The third-order valence-corrected chi connectivity index (χ3v) is 6.00. The molecule has 0 radical (unpaired) electrons. The summed E-state index contributed by atoms with van der Waals surface area (Å²) in [5.41, 5.74) is 2.37. The highest BCUT2D eigenvalue weighted by Crippen LogP contribution is 2.26. The Morgan fingerprint density at radius 1 is 1.24 bits per heavy atom. The quantitative estimate of drug-likeness (QED) is 0.795. The Labute approximate surface area is 152 Å². The van der Waals surface area contributed by atoms with E-state index < -0.39 is 0 Å². The smallest absolute Gasteiger partial charge is 0.0650 e. The number of piperazine rings is 1. The Balaban J connectivity index is 1.54. The van der Waals surface area contributed by atoms with Crippen LogP contribution in [0.5, 0.6) is 0 Å². The summed E-state index contributed by atoms with van der Waals surface area (Å²) in [5, 5.41) is 17.2. The highest BCUT2D eigenvalue weighted by molar-refractivity contribution is 5.12. The summed E-state index contributed by atoms with van der Waals surface area (Å²) in [6, 6.07) is 2.70. The van der Waals surface area contributed by atoms with Crippen LogP contribution in [0.25, 0.3) is 0 Å². The van der Waals surface area contributed by atoms with Crippen molar-refractivity contribution in [1.82, 2.24) is 20.0 Å². The van der Waals surface area contributed by atoms with E-state index in [0.717, 1.165) is 44.2 Å². The number of aliphatic hydroxyl groups excluding tert-OH is 1. The molecule has 1 aliphatic heterocycles. The lowest BCUT2D eigenvalue weighted by Crippen LogP contribution is -2.54. The van der Waals surface area contributed by atoms with Crippen LogP contribution in [-0.2, 0) is 6.54 Å². The second kappa shape index (κ2) is 9.15. The molecular weight excluding hydrogens is 312 g/mol. The molecule has 1 aromatic heterocycles. The van der Waals surface area contributed by atoms with Gasteiger partial charge in [-0.2, -0.15) is 5.10 Å². The fraction of sp³-hybridized carbons (Fsp3) is 0.850. The van der Waals surface area contributed by atoms with Crippen LogP contribution in [0.2, 0.25) is 0 Å². The Morgan fingerprint density at radius 3 is 2.72 bits per heavy atom. The van der Waals surface area contributed by atoms with Crippen molar-refractivity contribution >= 4 is 0 Å². The normalized spacial score (nSPS) is 24.2. The van der Waals surface area contributed by atoms with E-state index in [0.29, 0.717) is 18.6 Å². The van der Waals surface area contributed by atoms with E-state index in [-0.39, 0.29) is 0 Å². The van der Waals surface area contributed by atoms with Gasteiger partial charge in [0.05, 0.1) is 5.69 Å². The summed E-state index contributed by atoms with van der Waals surface area (Å²) in [5.74, 6) is 1.35. The average Bonchev–Trinajstić information content (AvgIpc) is 3.07. The minimum Gasteiger partial charge on any atom is -0.396 e. The fourth-order valence-electron chi connectivity index (χ4n) is 4.46. The first-order chi connectivity index (χ1) is 12.2. The third-order valence-electron chi connectivity index (χ3n) is 6.00. The van der Waals surface area contributed by atoms with Crippen molar-refractivity contribution < 1.29 is 5.11 Å². The molecule has 5 nitrogen and oxygen atoms in total. The molecule has 1 saturated heterocycles. The van der Waals surface area contributed by atoms with Gasteiger partial charge < -0.3 is 5.11 Å². The van der Waals surface area contributed by atoms with Crippen LogP contribution in [0.1, 0.15) is 69.7 Å². The van der Waals surface area contributed by atoms with Crippen LogP contribution in [0, 0.1) is 5.92 Å². The predicted molar refractivity (Wildman–Crippen MR) is 102 cm³/mol. The van der Waals surface area contributed by atoms with Gasteiger partial charge in [-0.15, -0.1) is 0 Å². The number of aromatic amines is 1. The minimum absolute atomic E-state index is 0.293. The van der Waals surface area contributed by atoms with Gasteiger partial charge in [-0.3, -0.25) is 14.9 Å².